The van der Waals surface area contributed by atoms with Crippen molar-refractivity contribution in [1.82, 2.24) is 0 Å². The molecule has 5 atom stereocenters. The minimum atomic E-state index is -0.183. The van der Waals surface area contributed by atoms with Crippen LogP contribution in [-0.2, 0) is 35.0 Å². The zero-order chi connectivity index (χ0) is 28.0. The largest absolute Gasteiger partial charge is 0.508 e. The first-order valence-corrected chi connectivity index (χ1v) is 14.4. The predicted molar refractivity (Wildman–Crippen MR) is 144 cm³/mol. The van der Waals surface area contributed by atoms with Crippen LogP contribution >= 0.6 is 0 Å². The van der Waals surface area contributed by atoms with Crippen LogP contribution < -0.4 is 0 Å². The summed E-state index contributed by atoms with van der Waals surface area (Å²) in [5.41, 5.74) is 1.15. The lowest BCUT2D eigenvalue weighted by molar-refractivity contribution is -0.164. The van der Waals surface area contributed by atoms with Crippen LogP contribution in [0.2, 0.25) is 0 Å². The van der Waals surface area contributed by atoms with Crippen molar-refractivity contribution in [2.45, 2.75) is 111 Å². The van der Waals surface area contributed by atoms with Gasteiger partial charge in [-0.3, -0.25) is 14.4 Å². The van der Waals surface area contributed by atoms with Crippen LogP contribution in [0.25, 0.3) is 0 Å². The first kappa shape index (κ1) is 30.0. The van der Waals surface area contributed by atoms with Crippen LogP contribution in [0.3, 0.4) is 0 Å². The van der Waals surface area contributed by atoms with Gasteiger partial charge in [-0.1, -0.05) is 53.7 Å². The highest BCUT2D eigenvalue weighted by molar-refractivity contribution is 5.77. The summed E-state index contributed by atoms with van der Waals surface area (Å²) < 4.78 is 16.4. The number of phenolic OH excluding ortho intramolecular Hbond substituents is 1. The van der Waals surface area contributed by atoms with Gasteiger partial charge in [0, 0.05) is 11.8 Å². The number of carbonyl (C=O) groups excluding carboxylic acids is 3. The number of ether oxygens (including phenoxy) is 3. The molecule has 38 heavy (non-hydrogen) atoms. The summed E-state index contributed by atoms with van der Waals surface area (Å²) in [6.07, 6.45) is 8.02. The summed E-state index contributed by atoms with van der Waals surface area (Å²) in [6, 6.07) is 7.27. The second-order valence-corrected chi connectivity index (χ2v) is 11.8. The maximum Gasteiger partial charge on any atom is 0.309 e. The lowest BCUT2D eigenvalue weighted by atomic mass is 9.88. The summed E-state index contributed by atoms with van der Waals surface area (Å²) in [5, 5.41) is 8.85. The summed E-state index contributed by atoms with van der Waals surface area (Å²) in [7, 11) is 0. The van der Waals surface area contributed by atoms with Gasteiger partial charge in [0.15, 0.2) is 0 Å². The zero-order valence-corrected chi connectivity index (χ0v) is 23.9. The number of hydrogen-bond donors (Lipinski definition) is 1. The second-order valence-electron chi connectivity index (χ2n) is 11.8. The molecule has 3 aliphatic carbocycles. The molecule has 0 aromatic heterocycles. The van der Waals surface area contributed by atoms with Crippen molar-refractivity contribution < 1.29 is 33.7 Å². The van der Waals surface area contributed by atoms with Crippen molar-refractivity contribution in [2.75, 3.05) is 0 Å². The molecule has 1 saturated heterocycles. The van der Waals surface area contributed by atoms with E-state index in [-0.39, 0.29) is 53.5 Å². The van der Waals surface area contributed by atoms with Gasteiger partial charge in [-0.25, -0.2) is 0 Å². The summed E-state index contributed by atoms with van der Waals surface area (Å²) >= 11 is 0. The highest BCUT2D eigenvalue weighted by Gasteiger charge is 2.63. The highest BCUT2D eigenvalue weighted by Crippen LogP contribution is 2.55. The molecule has 5 unspecified atom stereocenters. The van der Waals surface area contributed by atoms with Crippen molar-refractivity contribution in [1.29, 1.82) is 0 Å². The van der Waals surface area contributed by atoms with E-state index < -0.39 is 0 Å². The van der Waals surface area contributed by atoms with E-state index in [9.17, 15) is 14.4 Å². The van der Waals surface area contributed by atoms with E-state index in [4.69, 9.17) is 19.3 Å². The van der Waals surface area contributed by atoms with E-state index in [1.165, 1.54) is 18.4 Å². The normalized spacial score (nSPS) is 27.8. The molecule has 4 aliphatic rings. The van der Waals surface area contributed by atoms with Gasteiger partial charge in [-0.2, -0.15) is 0 Å². The van der Waals surface area contributed by atoms with E-state index in [0.29, 0.717) is 17.6 Å². The van der Waals surface area contributed by atoms with Crippen LogP contribution in [0.15, 0.2) is 24.3 Å². The Hall–Kier alpha value is -2.57. The number of benzene rings is 1. The van der Waals surface area contributed by atoms with Gasteiger partial charge in [-0.05, 0) is 69.1 Å². The maximum atomic E-state index is 11.6. The van der Waals surface area contributed by atoms with E-state index >= 15 is 0 Å². The molecule has 4 fully saturated rings. The first-order valence-electron chi connectivity index (χ1n) is 14.4. The molecular weight excluding hydrogens is 484 g/mol. The van der Waals surface area contributed by atoms with Gasteiger partial charge in [-0.15, -0.1) is 0 Å². The molecule has 1 heterocycles. The van der Waals surface area contributed by atoms with Crippen molar-refractivity contribution >= 4 is 17.9 Å². The van der Waals surface area contributed by atoms with Crippen LogP contribution in [0.1, 0.15) is 92.1 Å². The number of esters is 3. The number of hydrogen-bond acceptors (Lipinski definition) is 7. The van der Waals surface area contributed by atoms with Crippen molar-refractivity contribution in [3.8, 4) is 5.75 Å². The lowest BCUT2D eigenvalue weighted by Gasteiger charge is -2.28. The molecular formula is C31H46O7. The zero-order valence-electron chi connectivity index (χ0n) is 23.9. The van der Waals surface area contributed by atoms with Crippen LogP contribution in [-0.4, -0.2) is 40.8 Å². The fraction of sp³-hybridized carbons (Fsp3) is 0.710. The standard InChI is InChI=1S/C12H16O4.C11H20O2.C8H10O/c1-5(2)11(13)15-9-6-3-7-8(4-6)12(14)16-10(7)9;1-4-11(7-5-6-8-11)13-10(12)9(2)3;1-2-7-3-5-8(9)6-4-7/h5-10H,3-4H2,1-2H3;9H,4-8H2,1-3H3;3-6,9H,2H2,1H3. The Balaban J connectivity index is 0.000000165. The van der Waals surface area contributed by atoms with Gasteiger partial charge >= 0.3 is 17.9 Å². The maximum absolute atomic E-state index is 11.6. The highest BCUT2D eigenvalue weighted by atomic mass is 16.6. The molecule has 5 rings (SSSR count). The van der Waals surface area contributed by atoms with E-state index in [2.05, 4.69) is 13.8 Å². The summed E-state index contributed by atoms with van der Waals surface area (Å²) in [5.74, 6) is 0.658. The van der Waals surface area contributed by atoms with Crippen LogP contribution in [0.4, 0.5) is 0 Å². The molecule has 0 spiro atoms. The number of fused-ring (bicyclic) bond motifs is 1. The molecule has 0 amide bonds. The number of rotatable bonds is 6. The van der Waals surface area contributed by atoms with Crippen molar-refractivity contribution in [3.05, 3.63) is 29.8 Å². The Kier molecular flexibility index (Phi) is 10.2. The van der Waals surface area contributed by atoms with Gasteiger partial charge < -0.3 is 19.3 Å². The quantitative estimate of drug-likeness (QED) is 0.356. The summed E-state index contributed by atoms with van der Waals surface area (Å²) in [4.78, 5) is 34.5. The molecule has 212 valence electrons. The summed E-state index contributed by atoms with van der Waals surface area (Å²) in [6.45, 7) is 11.6. The Morgan fingerprint density at radius 2 is 1.61 bits per heavy atom. The number of phenols is 1. The predicted octanol–water partition coefficient (Wildman–Crippen LogP) is 6.00. The van der Waals surface area contributed by atoms with E-state index in [1.807, 2.05) is 39.8 Å². The molecule has 1 aromatic rings. The monoisotopic (exact) mass is 530 g/mol. The molecule has 1 aromatic carbocycles. The van der Waals surface area contributed by atoms with Gasteiger partial charge in [0.25, 0.3) is 0 Å². The average Bonchev–Trinajstić information content (AvgIpc) is 3.65. The Bertz CT molecular complexity index is 945. The van der Waals surface area contributed by atoms with Crippen molar-refractivity contribution in [3.63, 3.8) is 0 Å². The lowest BCUT2D eigenvalue weighted by Crippen LogP contribution is -2.36. The molecule has 1 N–H and O–H groups in total. The fourth-order valence-electron chi connectivity index (χ4n) is 5.94. The molecule has 7 nitrogen and oxygen atoms in total. The SMILES string of the molecule is CC(C)C(=O)OC1C2CC3C(=O)OC1C3C2.CCC1(OC(=O)C(C)C)CCCC1.CCc1ccc(O)cc1. The minimum absolute atomic E-state index is 0.00373. The minimum Gasteiger partial charge on any atom is -0.508 e. The Morgan fingerprint density at radius 1 is 1.00 bits per heavy atom. The molecule has 1 aliphatic heterocycles. The third-order valence-corrected chi connectivity index (χ3v) is 8.43. The third kappa shape index (κ3) is 7.09. The Morgan fingerprint density at radius 3 is 2.13 bits per heavy atom. The topological polar surface area (TPSA) is 99.1 Å². The third-order valence-electron chi connectivity index (χ3n) is 8.43. The fourth-order valence-corrected chi connectivity index (χ4v) is 5.94. The molecule has 3 saturated carbocycles. The average molecular weight is 531 g/mol. The molecule has 2 bridgehead atoms. The second kappa shape index (κ2) is 13.0. The molecule has 0 radical (unpaired) electrons. The molecule has 7 heteroatoms. The number of carbonyl (C=O) groups is 3. The van der Waals surface area contributed by atoms with Gasteiger partial charge in [0.1, 0.15) is 23.6 Å². The van der Waals surface area contributed by atoms with Crippen molar-refractivity contribution in [2.24, 2.45) is 29.6 Å². The number of aromatic hydroxyl groups is 1. The van der Waals surface area contributed by atoms with Gasteiger partial charge in [0.2, 0.25) is 0 Å². The Labute approximate surface area is 227 Å². The van der Waals surface area contributed by atoms with Crippen LogP contribution in [0, 0.1) is 29.6 Å². The van der Waals surface area contributed by atoms with E-state index in [0.717, 1.165) is 38.5 Å². The first-order chi connectivity index (χ1) is 18.0. The number of aryl methyl sites for hydroxylation is 1. The van der Waals surface area contributed by atoms with E-state index in [1.54, 1.807) is 12.1 Å². The smallest absolute Gasteiger partial charge is 0.309 e. The van der Waals surface area contributed by atoms with Gasteiger partial charge in [0.05, 0.1) is 17.8 Å². The van der Waals surface area contributed by atoms with Crippen LogP contribution in [0.5, 0.6) is 5.75 Å².